The first-order chi connectivity index (χ1) is 14.9. The number of carbonyl (C=O) groups excluding carboxylic acids is 3. The normalized spacial score (nSPS) is 26.8. The zero-order valence-electron chi connectivity index (χ0n) is 18.3. The first kappa shape index (κ1) is 21.4. The molecular weight excluding hydrogens is 398 g/mol. The zero-order valence-corrected chi connectivity index (χ0v) is 18.3. The van der Waals surface area contributed by atoms with Gasteiger partial charge in [0.15, 0.2) is 6.54 Å². The number of imide groups is 1. The third-order valence-corrected chi connectivity index (χ3v) is 6.83. The summed E-state index contributed by atoms with van der Waals surface area (Å²) in [7, 11) is 1.67. The number of carbonyl (C=O) groups is 3. The van der Waals surface area contributed by atoms with E-state index in [1.807, 2.05) is 24.3 Å². The van der Waals surface area contributed by atoms with Crippen LogP contribution in [0.3, 0.4) is 0 Å². The van der Waals surface area contributed by atoms with Crippen molar-refractivity contribution in [3.63, 3.8) is 0 Å². The van der Waals surface area contributed by atoms with Gasteiger partial charge in [-0.2, -0.15) is 5.01 Å². The largest absolute Gasteiger partial charge is 0.495 e. The fraction of sp³-hybridized carbons (Fsp3) is 0.591. The van der Waals surface area contributed by atoms with E-state index < -0.39 is 11.6 Å². The molecule has 2 heterocycles. The van der Waals surface area contributed by atoms with Crippen LogP contribution in [0.5, 0.6) is 5.75 Å². The van der Waals surface area contributed by atoms with E-state index >= 15 is 0 Å². The van der Waals surface area contributed by atoms with Gasteiger partial charge in [0, 0.05) is 0 Å². The number of quaternary nitrogens is 1. The minimum absolute atomic E-state index is 0.223. The maximum Gasteiger partial charge on any atom is 0.344 e. The lowest BCUT2D eigenvalue weighted by molar-refractivity contribution is -0.892. The third-order valence-electron chi connectivity index (χ3n) is 6.83. The average molecular weight is 431 g/mol. The topological polar surface area (TPSA) is 95.4 Å². The molecule has 3 aliphatic rings. The van der Waals surface area contributed by atoms with Crippen molar-refractivity contribution in [2.24, 2.45) is 5.92 Å². The van der Waals surface area contributed by atoms with Gasteiger partial charge in [0.05, 0.1) is 39.0 Å². The molecular formula is C22H32N5O4+. The lowest BCUT2D eigenvalue weighted by Crippen LogP contribution is -3.16. The highest BCUT2D eigenvalue weighted by Crippen LogP contribution is 2.35. The van der Waals surface area contributed by atoms with E-state index in [-0.39, 0.29) is 18.4 Å². The Morgan fingerprint density at radius 3 is 2.58 bits per heavy atom. The van der Waals surface area contributed by atoms with Crippen LogP contribution in [0.25, 0.3) is 0 Å². The minimum atomic E-state index is -0.843. The molecule has 0 aromatic heterocycles. The Bertz CT molecular complexity index is 844. The second-order valence-electron chi connectivity index (χ2n) is 8.96. The number of ether oxygens (including phenoxy) is 1. The average Bonchev–Trinajstić information content (AvgIpc) is 3.00. The Kier molecular flexibility index (Phi) is 6.04. The van der Waals surface area contributed by atoms with Crippen molar-refractivity contribution in [3.05, 3.63) is 24.3 Å². The molecule has 4 rings (SSSR count). The number of urea groups is 1. The van der Waals surface area contributed by atoms with Gasteiger partial charge in [-0.3, -0.25) is 15.0 Å². The smallest absolute Gasteiger partial charge is 0.344 e. The highest BCUT2D eigenvalue weighted by atomic mass is 16.5. The molecule has 1 spiro atoms. The standard InChI is InChI=1S/C22H31N5O4/c1-16-7-9-22(10-8-16)20(29)27(21(30)23-22)24-19(28)15-25-11-13-26(14-12-25)17-5-3-4-6-18(17)31-2/h3-6,16H,7-15H2,1-2H3,(H,23,30)(H,24,28)/p+1. The quantitative estimate of drug-likeness (QED) is 0.569. The van der Waals surface area contributed by atoms with Crippen LogP contribution in [0.2, 0.25) is 0 Å². The third kappa shape index (κ3) is 4.32. The zero-order chi connectivity index (χ0) is 22.0. The summed E-state index contributed by atoms with van der Waals surface area (Å²) in [6.07, 6.45) is 3.05. The number of nitrogens with zero attached hydrogens (tertiary/aromatic N) is 2. The van der Waals surface area contributed by atoms with Crippen molar-refractivity contribution in [1.82, 2.24) is 15.8 Å². The second kappa shape index (κ2) is 8.74. The van der Waals surface area contributed by atoms with Crippen molar-refractivity contribution >= 4 is 23.5 Å². The number of methoxy groups -OCH3 is 1. The minimum Gasteiger partial charge on any atom is -0.495 e. The number of anilines is 1. The van der Waals surface area contributed by atoms with E-state index in [0.717, 1.165) is 60.4 Å². The van der Waals surface area contributed by atoms with Gasteiger partial charge in [-0.25, -0.2) is 4.79 Å². The number of hydrazine groups is 1. The molecule has 9 nitrogen and oxygen atoms in total. The number of hydrogen-bond acceptors (Lipinski definition) is 5. The summed E-state index contributed by atoms with van der Waals surface area (Å²) in [5.74, 6) is 0.754. The number of benzene rings is 1. The van der Waals surface area contributed by atoms with Crippen molar-refractivity contribution in [1.29, 1.82) is 0 Å². The molecule has 1 aromatic carbocycles. The molecule has 0 atom stereocenters. The molecule has 2 saturated heterocycles. The van der Waals surface area contributed by atoms with Gasteiger partial charge in [-0.15, -0.1) is 0 Å². The van der Waals surface area contributed by atoms with Crippen LogP contribution < -0.4 is 25.3 Å². The number of rotatable bonds is 5. The predicted molar refractivity (Wildman–Crippen MR) is 115 cm³/mol. The van der Waals surface area contributed by atoms with Gasteiger partial charge in [-0.05, 0) is 43.7 Å². The summed E-state index contributed by atoms with van der Waals surface area (Å²) in [5.41, 5.74) is 2.76. The van der Waals surface area contributed by atoms with E-state index in [2.05, 4.69) is 22.6 Å². The van der Waals surface area contributed by atoms with E-state index in [1.165, 1.54) is 0 Å². The molecule has 1 saturated carbocycles. The maximum absolute atomic E-state index is 12.9. The molecule has 9 heteroatoms. The Labute approximate surface area is 182 Å². The summed E-state index contributed by atoms with van der Waals surface area (Å²) in [6, 6.07) is 7.39. The van der Waals surface area contributed by atoms with E-state index in [1.54, 1.807) is 7.11 Å². The Balaban J connectivity index is 1.29. The number of nitrogens with one attached hydrogen (secondary N) is 3. The van der Waals surface area contributed by atoms with Crippen molar-refractivity contribution in [2.45, 2.75) is 38.1 Å². The van der Waals surface area contributed by atoms with Crippen LogP contribution in [0.15, 0.2) is 24.3 Å². The summed E-state index contributed by atoms with van der Waals surface area (Å²) in [4.78, 5) is 41.2. The van der Waals surface area contributed by atoms with Gasteiger partial charge < -0.3 is 19.9 Å². The molecule has 3 fully saturated rings. The fourth-order valence-corrected chi connectivity index (χ4v) is 4.84. The Morgan fingerprint density at radius 2 is 1.90 bits per heavy atom. The van der Waals surface area contributed by atoms with Crippen molar-refractivity contribution in [2.75, 3.05) is 44.7 Å². The first-order valence-corrected chi connectivity index (χ1v) is 11.1. The van der Waals surface area contributed by atoms with Gasteiger partial charge in [-0.1, -0.05) is 19.1 Å². The summed E-state index contributed by atoms with van der Waals surface area (Å²) in [5, 5.41) is 3.72. The van der Waals surface area contributed by atoms with E-state index in [9.17, 15) is 14.4 Å². The highest BCUT2D eigenvalue weighted by molar-refractivity contribution is 6.08. The number of piperazine rings is 1. The summed E-state index contributed by atoms with van der Waals surface area (Å²) in [6.45, 7) is 5.55. The number of amides is 4. The SMILES string of the molecule is COc1ccccc1N1CC[NH+](CC(=O)NN2C(=O)NC3(CCC(C)CC3)C2=O)CC1. The van der Waals surface area contributed by atoms with Gasteiger partial charge >= 0.3 is 6.03 Å². The van der Waals surface area contributed by atoms with Crippen LogP contribution in [-0.4, -0.2) is 68.2 Å². The molecule has 2 aliphatic heterocycles. The number of para-hydroxylation sites is 2. The molecule has 0 bridgehead atoms. The summed E-state index contributed by atoms with van der Waals surface area (Å²) >= 11 is 0. The van der Waals surface area contributed by atoms with Crippen LogP contribution in [0, 0.1) is 5.92 Å². The van der Waals surface area contributed by atoms with Gasteiger partial charge in [0.2, 0.25) is 0 Å². The molecule has 1 aromatic rings. The van der Waals surface area contributed by atoms with Crippen LogP contribution >= 0.6 is 0 Å². The fourth-order valence-electron chi connectivity index (χ4n) is 4.84. The van der Waals surface area contributed by atoms with E-state index in [0.29, 0.717) is 18.8 Å². The molecule has 31 heavy (non-hydrogen) atoms. The molecule has 0 radical (unpaired) electrons. The number of hydrogen-bond donors (Lipinski definition) is 3. The molecule has 4 amide bonds. The first-order valence-electron chi connectivity index (χ1n) is 11.1. The molecule has 1 aliphatic carbocycles. The van der Waals surface area contributed by atoms with Crippen LogP contribution in [0.1, 0.15) is 32.6 Å². The van der Waals surface area contributed by atoms with E-state index in [4.69, 9.17) is 4.74 Å². The Morgan fingerprint density at radius 1 is 1.23 bits per heavy atom. The second-order valence-corrected chi connectivity index (χ2v) is 8.96. The lowest BCUT2D eigenvalue weighted by atomic mass is 9.77. The highest BCUT2D eigenvalue weighted by Gasteiger charge is 2.53. The van der Waals surface area contributed by atoms with Crippen LogP contribution in [-0.2, 0) is 9.59 Å². The van der Waals surface area contributed by atoms with Gasteiger partial charge in [0.1, 0.15) is 11.3 Å². The molecule has 168 valence electrons. The van der Waals surface area contributed by atoms with Gasteiger partial charge in [0.25, 0.3) is 11.8 Å². The van der Waals surface area contributed by atoms with Crippen LogP contribution in [0.4, 0.5) is 10.5 Å². The summed E-state index contributed by atoms with van der Waals surface area (Å²) < 4.78 is 5.45. The molecule has 0 unspecified atom stereocenters. The monoisotopic (exact) mass is 430 g/mol. The maximum atomic E-state index is 12.9. The van der Waals surface area contributed by atoms with Crippen molar-refractivity contribution < 1.29 is 24.0 Å². The van der Waals surface area contributed by atoms with Crippen molar-refractivity contribution in [3.8, 4) is 5.75 Å². The predicted octanol–water partition coefficient (Wildman–Crippen LogP) is -0.0680. The lowest BCUT2D eigenvalue weighted by Gasteiger charge is -2.34. The molecule has 3 N–H and O–H groups in total. The Hall–Kier alpha value is -2.81.